The molecule has 0 aromatic rings. The molecule has 0 aromatic heterocycles. The van der Waals surface area contributed by atoms with Crippen molar-refractivity contribution < 1.29 is 39.5 Å². The van der Waals surface area contributed by atoms with Crippen molar-refractivity contribution >= 4 is 11.8 Å². The van der Waals surface area contributed by atoms with Gasteiger partial charge < -0.3 is 29.9 Å². The van der Waals surface area contributed by atoms with Crippen LogP contribution in [0.2, 0.25) is 0 Å². The molecule has 6 aliphatic rings. The topological polar surface area (TPSA) is 137 Å². The number of epoxide rings is 1. The second kappa shape index (κ2) is 7.41. The van der Waals surface area contributed by atoms with E-state index in [1.54, 1.807) is 19.9 Å². The highest BCUT2D eigenvalue weighted by Gasteiger charge is 2.80. The molecule has 2 aliphatic heterocycles. The Labute approximate surface area is 212 Å². The van der Waals surface area contributed by atoms with Gasteiger partial charge in [-0.25, -0.2) is 0 Å². The van der Waals surface area contributed by atoms with Gasteiger partial charge in [-0.3, -0.25) is 9.59 Å². The maximum absolute atomic E-state index is 13.3. The Hall–Kier alpha value is -1.32. The molecule has 3 saturated carbocycles. The number of carbonyl (C=O) groups is 2. The van der Waals surface area contributed by atoms with Crippen LogP contribution in [0.5, 0.6) is 0 Å². The van der Waals surface area contributed by atoms with Gasteiger partial charge in [0.15, 0.2) is 5.78 Å². The lowest BCUT2D eigenvalue weighted by molar-refractivity contribution is -0.199. The average Bonchev–Trinajstić information content (AvgIpc) is 3.41. The van der Waals surface area contributed by atoms with E-state index in [0.29, 0.717) is 25.7 Å². The molecular formula is C28H40O8. The van der Waals surface area contributed by atoms with E-state index in [9.17, 15) is 30.0 Å². The molecule has 0 aromatic carbocycles. The van der Waals surface area contributed by atoms with Crippen LogP contribution < -0.4 is 0 Å². The summed E-state index contributed by atoms with van der Waals surface area (Å²) in [5.41, 5.74) is -3.85. The third kappa shape index (κ3) is 2.73. The zero-order valence-electron chi connectivity index (χ0n) is 21.8. The molecule has 4 N–H and O–H groups in total. The van der Waals surface area contributed by atoms with Crippen LogP contribution in [-0.4, -0.2) is 73.9 Å². The maximum atomic E-state index is 13.3. The monoisotopic (exact) mass is 504 g/mol. The second-order valence-corrected chi connectivity index (χ2v) is 13.4. The fourth-order valence-electron chi connectivity index (χ4n) is 9.98. The predicted molar refractivity (Wildman–Crippen MR) is 127 cm³/mol. The number of rotatable bonds is 3. The molecule has 0 amide bonds. The van der Waals surface area contributed by atoms with E-state index in [1.165, 1.54) is 6.08 Å². The van der Waals surface area contributed by atoms with Crippen LogP contribution >= 0.6 is 0 Å². The minimum atomic E-state index is -1.68. The Kier molecular flexibility index (Phi) is 5.14. The Morgan fingerprint density at radius 1 is 1.14 bits per heavy atom. The summed E-state index contributed by atoms with van der Waals surface area (Å²) in [7, 11) is 0. The van der Waals surface area contributed by atoms with Crippen LogP contribution in [0, 0.1) is 46.3 Å². The minimum Gasteiger partial charge on any atom is -0.459 e. The highest BCUT2D eigenvalue weighted by Crippen LogP contribution is 2.73. The van der Waals surface area contributed by atoms with Gasteiger partial charge in [0.2, 0.25) is 0 Å². The first-order valence-corrected chi connectivity index (χ1v) is 13.6. The molecule has 0 radical (unpaired) electrons. The number of fused-ring (bicyclic) bond motifs is 4. The van der Waals surface area contributed by atoms with Crippen molar-refractivity contribution in [3.63, 3.8) is 0 Å². The Morgan fingerprint density at radius 2 is 1.83 bits per heavy atom. The number of carbonyl (C=O) groups excluding carboxylic acids is 2. The molecule has 36 heavy (non-hydrogen) atoms. The van der Waals surface area contributed by atoms with Gasteiger partial charge in [-0.2, -0.15) is 0 Å². The van der Waals surface area contributed by atoms with E-state index in [1.807, 2.05) is 13.8 Å². The molecule has 2 heterocycles. The molecule has 8 nitrogen and oxygen atoms in total. The number of ketones is 1. The molecule has 0 unspecified atom stereocenters. The molecular weight excluding hydrogens is 464 g/mol. The summed E-state index contributed by atoms with van der Waals surface area (Å²) < 4.78 is 11.6. The number of aliphatic hydroxyl groups is 4. The Balaban J connectivity index is 1.32. The van der Waals surface area contributed by atoms with Crippen LogP contribution in [0.4, 0.5) is 0 Å². The van der Waals surface area contributed by atoms with Crippen molar-refractivity contribution in [2.24, 2.45) is 46.3 Å². The van der Waals surface area contributed by atoms with Crippen molar-refractivity contribution in [3.8, 4) is 0 Å². The third-order valence-electron chi connectivity index (χ3n) is 12.1. The van der Waals surface area contributed by atoms with Crippen molar-refractivity contribution in [2.45, 2.75) is 102 Å². The Morgan fingerprint density at radius 3 is 2.47 bits per heavy atom. The van der Waals surface area contributed by atoms with Crippen LogP contribution in [0.3, 0.4) is 0 Å². The molecule has 15 atom stereocenters. The molecule has 6 rings (SSSR count). The number of cyclic esters (lactones) is 1. The van der Waals surface area contributed by atoms with E-state index in [0.717, 1.165) is 0 Å². The van der Waals surface area contributed by atoms with Crippen molar-refractivity contribution in [1.29, 1.82) is 0 Å². The van der Waals surface area contributed by atoms with Crippen LogP contribution in [0.1, 0.15) is 60.3 Å². The number of hydrogen-bond donors (Lipinski definition) is 4. The average molecular weight is 505 g/mol. The quantitative estimate of drug-likeness (QED) is 0.334. The number of aliphatic hydroxyl groups excluding tert-OH is 3. The molecule has 2 saturated heterocycles. The summed E-state index contributed by atoms with van der Waals surface area (Å²) in [6, 6.07) is 0. The zero-order valence-corrected chi connectivity index (χ0v) is 21.8. The largest absolute Gasteiger partial charge is 0.459 e. The first-order valence-electron chi connectivity index (χ1n) is 13.6. The number of esters is 1. The smallest absolute Gasteiger partial charge is 0.309 e. The first-order chi connectivity index (χ1) is 16.7. The SMILES string of the molecule is C[C@H]1[C@H]([C@H](O)[C@](C)(O)[C@@H]2[C@H](O)C[C@H]3[C@H]4C[C@H]5O[C@]56[C@@H](O)C=CC(=O)[C@]6(C)[C@H]4CC[C@@]32C)OC(=O)[C@@H]1C. The zero-order chi connectivity index (χ0) is 26.2. The van der Waals surface area contributed by atoms with Crippen molar-refractivity contribution in [1.82, 2.24) is 0 Å². The number of allylic oxidation sites excluding steroid dienone is 1. The fourth-order valence-corrected chi connectivity index (χ4v) is 9.98. The van der Waals surface area contributed by atoms with Gasteiger partial charge in [-0.15, -0.1) is 0 Å². The van der Waals surface area contributed by atoms with Gasteiger partial charge in [0, 0.05) is 11.8 Å². The molecule has 0 bridgehead atoms. The van der Waals surface area contributed by atoms with Gasteiger partial charge in [-0.1, -0.05) is 20.8 Å². The first kappa shape index (κ1) is 25.0. The van der Waals surface area contributed by atoms with Gasteiger partial charge in [0.05, 0.1) is 29.1 Å². The summed E-state index contributed by atoms with van der Waals surface area (Å²) >= 11 is 0. The number of ether oxygens (including phenoxy) is 2. The highest BCUT2D eigenvalue weighted by atomic mass is 16.6. The van der Waals surface area contributed by atoms with E-state index < -0.39 is 52.4 Å². The lowest BCUT2D eigenvalue weighted by atomic mass is 9.44. The number of hydrogen-bond acceptors (Lipinski definition) is 8. The van der Waals surface area contributed by atoms with E-state index >= 15 is 0 Å². The molecule has 1 spiro atoms. The summed E-state index contributed by atoms with van der Waals surface area (Å²) in [6.07, 6.45) is 1.57. The van der Waals surface area contributed by atoms with Gasteiger partial charge >= 0.3 is 5.97 Å². The maximum Gasteiger partial charge on any atom is 0.309 e. The molecule has 5 fully saturated rings. The van der Waals surface area contributed by atoms with E-state index in [-0.39, 0.29) is 47.4 Å². The molecule has 8 heteroatoms. The standard InChI is InChI=1S/C28H40O8/c1-12-13(2)24(33)35-21(12)23(32)27(5,34)22-17(29)11-16-14-10-20-28(36-20)19(31)7-6-18(30)26(28,4)15(14)8-9-25(16,22)3/h6-7,12-17,19-23,29,31-32,34H,8-11H2,1-5H3/t12-,13-,14+,15+,16+,17-,19+,20-,21-,22-,23+,25+,26+,27-,28-/m1/s1. The summed E-state index contributed by atoms with van der Waals surface area (Å²) in [6.45, 7) is 9.21. The van der Waals surface area contributed by atoms with Gasteiger partial charge in [0.25, 0.3) is 0 Å². The van der Waals surface area contributed by atoms with Crippen molar-refractivity contribution in [2.75, 3.05) is 0 Å². The van der Waals surface area contributed by atoms with E-state index in [4.69, 9.17) is 9.47 Å². The Bertz CT molecular complexity index is 1020. The summed E-state index contributed by atoms with van der Waals surface area (Å²) in [5.74, 6) is -1.52. The lowest BCUT2D eigenvalue weighted by Gasteiger charge is -2.58. The van der Waals surface area contributed by atoms with Crippen LogP contribution in [0.15, 0.2) is 12.2 Å². The van der Waals surface area contributed by atoms with Crippen LogP contribution in [-0.2, 0) is 19.1 Å². The predicted octanol–water partition coefficient (Wildman–Crippen LogP) is 1.37. The van der Waals surface area contributed by atoms with E-state index in [2.05, 4.69) is 6.92 Å². The minimum absolute atomic E-state index is 0.00101. The molecule has 200 valence electrons. The fraction of sp³-hybridized carbons (Fsp3) is 0.857. The summed E-state index contributed by atoms with van der Waals surface area (Å²) in [5, 5.41) is 45.5. The highest BCUT2D eigenvalue weighted by molar-refractivity contribution is 5.98. The third-order valence-corrected chi connectivity index (χ3v) is 12.1. The van der Waals surface area contributed by atoms with Crippen molar-refractivity contribution in [3.05, 3.63) is 12.2 Å². The summed E-state index contributed by atoms with van der Waals surface area (Å²) in [4.78, 5) is 25.5. The second-order valence-electron chi connectivity index (χ2n) is 13.4. The lowest BCUT2D eigenvalue weighted by Crippen LogP contribution is -2.64. The molecule has 4 aliphatic carbocycles. The van der Waals surface area contributed by atoms with Gasteiger partial charge in [-0.05, 0) is 74.9 Å². The van der Waals surface area contributed by atoms with Crippen LogP contribution in [0.25, 0.3) is 0 Å². The van der Waals surface area contributed by atoms with Gasteiger partial charge in [0.1, 0.15) is 23.9 Å². The normalized spacial score (nSPS) is 57.7.